The average Bonchev–Trinajstić information content (AvgIpc) is 0.847. The van der Waals surface area contributed by atoms with Crippen LogP contribution in [0, 0.1) is 30.3 Å². The van der Waals surface area contributed by atoms with Crippen LogP contribution in [-0.4, -0.2) is 181 Å². The predicted molar refractivity (Wildman–Crippen MR) is 349 cm³/mol. The van der Waals surface area contributed by atoms with E-state index < -0.39 is 85.0 Å². The summed E-state index contributed by atoms with van der Waals surface area (Å²) in [6.07, 6.45) is -1.06. The Labute approximate surface area is 574 Å². The van der Waals surface area contributed by atoms with E-state index in [1.807, 2.05) is 0 Å². The van der Waals surface area contributed by atoms with Crippen LogP contribution in [0.4, 0.5) is 56.5 Å². The van der Waals surface area contributed by atoms with Crippen LogP contribution in [0.15, 0.2) is 96.2 Å². The highest BCUT2D eigenvalue weighted by atomic mass is 32.3. The van der Waals surface area contributed by atoms with Gasteiger partial charge in [-0.2, -0.15) is 23.4 Å². The maximum absolute atomic E-state index is 12.2. The zero-order chi connectivity index (χ0) is 76.9. The molecule has 0 spiro atoms. The summed E-state index contributed by atoms with van der Waals surface area (Å²) in [5, 5.41) is 42.9. The molecule has 0 aliphatic heterocycles. The van der Waals surface area contributed by atoms with E-state index in [9.17, 15) is 78.3 Å². The van der Waals surface area contributed by atoms with Crippen molar-refractivity contribution in [1.29, 1.82) is 0 Å². The first-order valence-electron chi connectivity index (χ1n) is 27.2. The van der Waals surface area contributed by atoms with Crippen molar-refractivity contribution in [1.82, 2.24) is 20.4 Å². The van der Waals surface area contributed by atoms with Crippen molar-refractivity contribution in [3.05, 3.63) is 166 Å². The summed E-state index contributed by atoms with van der Waals surface area (Å²) < 4.78 is 73.0. The number of hydrazine groups is 1. The normalized spacial score (nSPS) is 9.85. The standard InChI is InChI=1S/C20H24N6O8S.C11H11NO6.C11H13NO4.C8H8N2O4.C7H6N2O4.H2O4S/c1-5-34-15(28)10-35-19-23-17(22-18(24-19)25-26-20(30)33-4)21-12-7-6-11(8-14(27)31-2)13(9-12)16(29)32-3;1-17-10(13)5-7-3-4-8(12(15)16)6-9(7)11(14)18-2;1-15-10(13)5-7-3-4-8(12)6-9(7)11(14)16-2;1-14-8(11)6-4-5(10(12)13)2-3-7(6)9;8-6-2-1-4(9(12)13)3-5(6)7(10)11;1-5(2,3)4/h6-7,9H,5,8,10H2,1-4H3,(H,26,30)(H2,21,22,23,24,25);3-4,6H,5H2,1-2H3;3-4,6H,5,12H2,1-2H3;2-4H,9H2,1H3;1-3H,8H2,(H,10,11);(H2,1,2,3,4). The lowest BCUT2D eigenvalue weighted by Gasteiger charge is -2.12. The summed E-state index contributed by atoms with van der Waals surface area (Å²) in [5.74, 6) is -5.93. The summed E-state index contributed by atoms with van der Waals surface area (Å²) in [6, 6.07) is 19.8. The van der Waals surface area contributed by atoms with Gasteiger partial charge < -0.3 is 70.3 Å². The largest absolute Gasteiger partial charge is 0.478 e. The number of hydrogen-bond donors (Lipinski definition) is 9. The Hall–Kier alpha value is -13.0. The first kappa shape index (κ1) is 86.0. The van der Waals surface area contributed by atoms with E-state index in [-0.39, 0.29) is 105 Å². The number of aromatic carboxylic acids is 1. The molecule has 12 N–H and O–H groups in total. The van der Waals surface area contributed by atoms with Crippen LogP contribution in [0.5, 0.6) is 0 Å². The zero-order valence-electron chi connectivity index (χ0n) is 54.3. The van der Waals surface area contributed by atoms with E-state index in [1.165, 1.54) is 92.2 Å². The number of methoxy groups -OCH3 is 8. The minimum Gasteiger partial charge on any atom is -0.478 e. The Bertz CT molecular complexity index is 4120. The number of nitro benzene ring substituents is 3. The van der Waals surface area contributed by atoms with Gasteiger partial charge in [0.1, 0.15) is 0 Å². The fourth-order valence-electron chi connectivity index (χ4n) is 6.91. The first-order valence-corrected chi connectivity index (χ1v) is 29.6. The molecule has 1 heterocycles. The molecule has 0 aliphatic carbocycles. The van der Waals surface area contributed by atoms with E-state index >= 15 is 0 Å². The van der Waals surface area contributed by atoms with Crippen LogP contribution in [-0.2, 0) is 91.5 Å². The van der Waals surface area contributed by atoms with Crippen molar-refractivity contribution in [3.8, 4) is 0 Å². The molecule has 0 radical (unpaired) electrons. The van der Waals surface area contributed by atoms with Crippen molar-refractivity contribution in [3.63, 3.8) is 0 Å². The van der Waals surface area contributed by atoms with E-state index in [1.54, 1.807) is 31.2 Å². The van der Waals surface area contributed by atoms with E-state index in [4.69, 9.17) is 49.3 Å². The van der Waals surface area contributed by atoms with Gasteiger partial charge in [-0.15, -0.1) is 0 Å². The Balaban J connectivity index is 0.000000657. The topological polar surface area (TPSA) is 631 Å². The van der Waals surface area contributed by atoms with E-state index in [2.05, 4.69) is 64.3 Å². The number of ether oxygens (including phenoxy) is 9. The van der Waals surface area contributed by atoms with Crippen LogP contribution in [0.2, 0.25) is 0 Å². The minimum absolute atomic E-state index is 0.00157. The molecule has 1 amide bonds. The number of rotatable bonds is 22. The van der Waals surface area contributed by atoms with E-state index in [0.29, 0.717) is 28.1 Å². The number of carbonyl (C=O) groups is 10. The summed E-state index contributed by atoms with van der Waals surface area (Å²) in [6.45, 7) is 1.92. The van der Waals surface area contributed by atoms with Crippen LogP contribution in [0.25, 0.3) is 0 Å². The molecule has 0 aliphatic rings. The number of nitrogens with one attached hydrogen (secondary N) is 3. The number of carbonyl (C=O) groups excluding carboxylic acids is 9. The van der Waals surface area contributed by atoms with Crippen LogP contribution < -0.4 is 33.4 Å². The number of nitrogens with zero attached hydrogens (tertiary/aromatic N) is 6. The van der Waals surface area contributed by atoms with Gasteiger partial charge in [0.15, 0.2) is 5.16 Å². The van der Waals surface area contributed by atoms with Crippen LogP contribution in [0.3, 0.4) is 0 Å². The summed E-state index contributed by atoms with van der Waals surface area (Å²) in [7, 11) is 5.09. The molecule has 544 valence electrons. The maximum atomic E-state index is 12.2. The molecule has 0 bridgehead atoms. The van der Waals surface area contributed by atoms with Gasteiger partial charge in [0.2, 0.25) is 11.9 Å². The number of thioether (sulfide) groups is 1. The van der Waals surface area contributed by atoms with Crippen molar-refractivity contribution in [2.75, 3.05) is 97.2 Å². The molecule has 0 saturated heterocycles. The molecule has 44 heteroatoms. The molecular weight excluding hydrogens is 1400 g/mol. The average molecular weight is 1460 g/mol. The third kappa shape index (κ3) is 31.6. The molecule has 0 fully saturated rings. The number of nitro groups is 3. The number of nitrogen functional groups attached to an aromatic ring is 3. The lowest BCUT2D eigenvalue weighted by molar-refractivity contribution is -0.385. The monoisotopic (exact) mass is 1460 g/mol. The summed E-state index contributed by atoms with van der Waals surface area (Å²) in [5.41, 5.74) is 22.7. The Morgan fingerprint density at radius 2 is 0.871 bits per heavy atom. The van der Waals surface area contributed by atoms with Crippen LogP contribution in [0.1, 0.15) is 75.4 Å². The number of hydrogen-bond acceptors (Lipinski definition) is 36. The number of esters is 8. The number of anilines is 6. The predicted octanol–water partition coefficient (Wildman–Crippen LogP) is 4.51. The molecule has 0 atom stereocenters. The molecule has 6 rings (SSSR count). The van der Waals surface area contributed by atoms with Gasteiger partial charge in [-0.1, -0.05) is 30.0 Å². The molecule has 0 unspecified atom stereocenters. The number of carboxylic acids is 1. The smallest absolute Gasteiger partial charge is 0.425 e. The SMILES string of the molecule is CCOC(=O)CSc1nc(NNC(=O)OC)nc(Nc2ccc(CC(=O)OC)c(C(=O)OC)c2)n1.COC(=O)Cc1ccc(N)cc1C(=O)OC.COC(=O)Cc1ccc([N+](=O)[O-])cc1C(=O)OC.COC(=O)c1cc([N+](=O)[O-])ccc1N.Nc1ccc([N+](=O)[O-])cc1C(=O)O.O=S(=O)(O)O. The van der Waals surface area contributed by atoms with Crippen LogP contribution >= 0.6 is 11.8 Å². The Morgan fingerprint density at radius 3 is 1.29 bits per heavy atom. The number of carboxylic acid groups (broad SMARTS) is 1. The first-order chi connectivity index (χ1) is 47.4. The summed E-state index contributed by atoms with van der Waals surface area (Å²) in [4.78, 5) is 156. The fraction of sp³-hybridized carbons (Fsp3) is 0.246. The van der Waals surface area contributed by atoms with Gasteiger partial charge in [0, 0.05) is 59.1 Å². The summed E-state index contributed by atoms with van der Waals surface area (Å²) >= 11 is 0.985. The lowest BCUT2D eigenvalue weighted by Crippen LogP contribution is -2.30. The number of nitrogens with two attached hydrogens (primary N) is 3. The quantitative estimate of drug-likeness (QED) is 0.00858. The molecule has 0 saturated carbocycles. The van der Waals surface area contributed by atoms with Crippen molar-refractivity contribution in [2.24, 2.45) is 0 Å². The molecular formula is C57H64N12O30S2. The second-order valence-corrected chi connectivity index (χ2v) is 20.0. The maximum Gasteiger partial charge on any atom is 0.425 e. The third-order valence-corrected chi connectivity index (χ3v) is 12.4. The lowest BCUT2D eigenvalue weighted by atomic mass is 10.0. The number of benzene rings is 5. The highest BCUT2D eigenvalue weighted by Gasteiger charge is 2.22. The second-order valence-electron chi connectivity index (χ2n) is 18.1. The van der Waals surface area contributed by atoms with Crippen molar-refractivity contribution >= 4 is 134 Å². The third-order valence-electron chi connectivity index (χ3n) is 11.5. The second kappa shape index (κ2) is 43.3. The van der Waals surface area contributed by atoms with Gasteiger partial charge in [-0.05, 0) is 60.0 Å². The number of aromatic nitrogens is 3. The fourth-order valence-corrected chi connectivity index (χ4v) is 7.54. The Morgan fingerprint density at radius 1 is 0.495 bits per heavy atom. The number of non-ortho nitro benzene ring substituents is 3. The van der Waals surface area contributed by atoms with Gasteiger partial charge in [-0.3, -0.25) is 64.1 Å². The highest BCUT2D eigenvalue weighted by Crippen LogP contribution is 2.26. The van der Waals surface area contributed by atoms with Gasteiger partial charge in [-0.25, -0.2) is 34.2 Å². The van der Waals surface area contributed by atoms with Gasteiger partial charge >= 0.3 is 70.2 Å². The molecule has 42 nitrogen and oxygen atoms in total. The Kier molecular flexibility index (Phi) is 36.8. The van der Waals surface area contributed by atoms with E-state index in [0.717, 1.165) is 43.1 Å². The molecule has 101 heavy (non-hydrogen) atoms. The highest BCUT2D eigenvalue weighted by molar-refractivity contribution is 7.99. The minimum atomic E-state index is -4.67. The van der Waals surface area contributed by atoms with Gasteiger partial charge in [0.25, 0.3) is 17.1 Å². The van der Waals surface area contributed by atoms with Crippen molar-refractivity contribution < 1.29 is 128 Å². The molecule has 5 aromatic carbocycles. The van der Waals surface area contributed by atoms with Gasteiger partial charge in [0.05, 0.1) is 131 Å². The molecule has 1 aromatic heterocycles. The zero-order valence-corrected chi connectivity index (χ0v) is 55.9. The molecule has 6 aromatic rings. The van der Waals surface area contributed by atoms with Crippen molar-refractivity contribution in [2.45, 2.75) is 31.3 Å². The number of amides is 1.